The summed E-state index contributed by atoms with van der Waals surface area (Å²) < 4.78 is 0. The molecule has 0 aliphatic rings. The Hall–Kier alpha value is -1.40. The molecule has 0 saturated carbocycles. The Morgan fingerprint density at radius 1 is 1.50 bits per heavy atom. The summed E-state index contributed by atoms with van der Waals surface area (Å²) in [5.41, 5.74) is 1.13. The molecule has 0 unspecified atom stereocenters. The normalized spacial score (nSPS) is 10.3. The maximum atomic E-state index is 11.7. The smallest absolute Gasteiger partial charge is 0.303 e. The van der Waals surface area contributed by atoms with Crippen molar-refractivity contribution < 1.29 is 14.7 Å². The van der Waals surface area contributed by atoms with E-state index in [4.69, 9.17) is 5.11 Å². The van der Waals surface area contributed by atoms with Crippen LogP contribution in [0.5, 0.6) is 0 Å². The highest BCUT2D eigenvalue weighted by Gasteiger charge is 2.08. The molecular weight excluding hydrogens is 252 g/mol. The van der Waals surface area contributed by atoms with Gasteiger partial charge in [-0.2, -0.15) is 11.3 Å². The van der Waals surface area contributed by atoms with Crippen molar-refractivity contribution in [1.29, 1.82) is 0 Å². The summed E-state index contributed by atoms with van der Waals surface area (Å²) in [4.78, 5) is 23.7. The van der Waals surface area contributed by atoms with Crippen LogP contribution in [0.4, 0.5) is 0 Å². The van der Waals surface area contributed by atoms with Crippen molar-refractivity contribution in [3.05, 3.63) is 22.4 Å². The Labute approximate surface area is 110 Å². The summed E-state index contributed by atoms with van der Waals surface area (Å²) in [6.07, 6.45) is 0.669. The summed E-state index contributed by atoms with van der Waals surface area (Å²) >= 11 is 1.61. The highest BCUT2D eigenvalue weighted by atomic mass is 32.1. The predicted molar refractivity (Wildman–Crippen MR) is 70.5 cm³/mol. The molecule has 18 heavy (non-hydrogen) atoms. The minimum Gasteiger partial charge on any atom is -0.481 e. The number of rotatable bonds is 8. The molecule has 1 aromatic heterocycles. The average Bonchev–Trinajstić information content (AvgIpc) is 2.80. The third-order valence-electron chi connectivity index (χ3n) is 2.45. The van der Waals surface area contributed by atoms with E-state index in [1.165, 1.54) is 0 Å². The number of carbonyl (C=O) groups excluding carboxylic acids is 1. The van der Waals surface area contributed by atoms with E-state index in [2.05, 4.69) is 5.32 Å². The molecule has 0 fully saturated rings. The van der Waals surface area contributed by atoms with Crippen molar-refractivity contribution in [2.45, 2.75) is 19.4 Å². The van der Waals surface area contributed by atoms with Crippen molar-refractivity contribution in [1.82, 2.24) is 10.2 Å². The molecule has 0 saturated heterocycles. The number of carbonyl (C=O) groups is 2. The molecule has 0 bridgehead atoms. The maximum Gasteiger partial charge on any atom is 0.303 e. The lowest BCUT2D eigenvalue weighted by Crippen LogP contribution is -2.35. The van der Waals surface area contributed by atoms with Crippen molar-refractivity contribution in [2.24, 2.45) is 0 Å². The molecule has 5 nitrogen and oxygen atoms in total. The molecular formula is C12H18N2O3S. The van der Waals surface area contributed by atoms with E-state index in [0.29, 0.717) is 19.5 Å². The molecule has 0 radical (unpaired) electrons. The Morgan fingerprint density at radius 3 is 2.89 bits per heavy atom. The van der Waals surface area contributed by atoms with E-state index in [1.54, 1.807) is 23.3 Å². The first-order valence-corrected chi connectivity index (χ1v) is 6.71. The third-order valence-corrected chi connectivity index (χ3v) is 3.18. The number of nitrogens with zero attached hydrogens (tertiary/aromatic N) is 1. The molecule has 0 aromatic carbocycles. The number of carboxylic acid groups (broad SMARTS) is 1. The van der Waals surface area contributed by atoms with Gasteiger partial charge in [-0.25, -0.2) is 0 Å². The molecule has 100 valence electrons. The first kappa shape index (κ1) is 14.7. The Balaban J connectivity index is 2.14. The van der Waals surface area contributed by atoms with Crippen LogP contribution in [0, 0.1) is 0 Å². The maximum absolute atomic E-state index is 11.7. The first-order chi connectivity index (χ1) is 8.59. The zero-order valence-electron chi connectivity index (χ0n) is 10.4. The number of likely N-dealkylation sites (N-methyl/N-ethyl adjacent to an activating group) is 1. The van der Waals surface area contributed by atoms with Crippen LogP contribution in [0.2, 0.25) is 0 Å². The van der Waals surface area contributed by atoms with Gasteiger partial charge < -0.3 is 15.3 Å². The van der Waals surface area contributed by atoms with Crippen molar-refractivity contribution >= 4 is 23.2 Å². The Morgan fingerprint density at radius 2 is 2.28 bits per heavy atom. The summed E-state index contributed by atoms with van der Waals surface area (Å²) in [7, 11) is 1.76. The Bertz CT molecular complexity index is 379. The van der Waals surface area contributed by atoms with Crippen LogP contribution in [-0.2, 0) is 16.1 Å². The van der Waals surface area contributed by atoms with Gasteiger partial charge in [-0.1, -0.05) is 0 Å². The van der Waals surface area contributed by atoms with Gasteiger partial charge in [0, 0.05) is 20.0 Å². The number of thiophene rings is 1. The quantitative estimate of drug-likeness (QED) is 0.696. The van der Waals surface area contributed by atoms with Gasteiger partial charge in [0.1, 0.15) is 0 Å². The van der Waals surface area contributed by atoms with Gasteiger partial charge in [0.2, 0.25) is 5.91 Å². The van der Waals surface area contributed by atoms with E-state index in [-0.39, 0.29) is 18.9 Å². The first-order valence-electron chi connectivity index (χ1n) is 5.77. The van der Waals surface area contributed by atoms with E-state index in [0.717, 1.165) is 5.56 Å². The van der Waals surface area contributed by atoms with E-state index >= 15 is 0 Å². The monoisotopic (exact) mass is 270 g/mol. The van der Waals surface area contributed by atoms with Gasteiger partial charge in [0.15, 0.2) is 0 Å². The molecule has 0 spiro atoms. The number of amides is 1. The van der Waals surface area contributed by atoms with Crippen LogP contribution >= 0.6 is 11.3 Å². The topological polar surface area (TPSA) is 69.6 Å². The average molecular weight is 270 g/mol. The number of nitrogens with one attached hydrogen (secondary N) is 1. The molecule has 1 amide bonds. The molecule has 0 aliphatic carbocycles. The molecule has 1 aromatic rings. The Kier molecular flexibility index (Phi) is 6.38. The van der Waals surface area contributed by atoms with Crippen LogP contribution in [0.15, 0.2) is 16.8 Å². The molecule has 6 heteroatoms. The predicted octanol–water partition coefficient (Wildman–Crippen LogP) is 1.16. The summed E-state index contributed by atoms with van der Waals surface area (Å²) in [6.45, 7) is 1.41. The van der Waals surface area contributed by atoms with Gasteiger partial charge in [-0.05, 0) is 35.4 Å². The molecule has 0 aliphatic heterocycles. The van der Waals surface area contributed by atoms with E-state index in [1.807, 2.05) is 16.8 Å². The van der Waals surface area contributed by atoms with Crippen LogP contribution in [0.3, 0.4) is 0 Å². The van der Waals surface area contributed by atoms with Gasteiger partial charge in [0.25, 0.3) is 0 Å². The standard InChI is InChI=1S/C12H18N2O3S/c1-14(8-10-4-6-18-9-10)11(15)7-13-5-2-3-12(16)17/h4,6,9,13H,2-3,5,7-8H2,1H3,(H,16,17). The number of aliphatic carboxylic acids is 1. The van der Waals surface area contributed by atoms with Crippen molar-refractivity contribution in [2.75, 3.05) is 20.1 Å². The van der Waals surface area contributed by atoms with Crippen LogP contribution < -0.4 is 5.32 Å². The molecule has 2 N–H and O–H groups in total. The number of hydrogen-bond donors (Lipinski definition) is 2. The fourth-order valence-corrected chi connectivity index (χ4v) is 2.10. The molecule has 1 rings (SSSR count). The van der Waals surface area contributed by atoms with Crippen molar-refractivity contribution in [3.8, 4) is 0 Å². The molecule has 0 atom stereocenters. The zero-order valence-corrected chi connectivity index (χ0v) is 11.2. The minimum absolute atomic E-state index is 0.0107. The fourth-order valence-electron chi connectivity index (χ4n) is 1.44. The highest BCUT2D eigenvalue weighted by molar-refractivity contribution is 7.07. The second-order valence-electron chi connectivity index (χ2n) is 4.06. The van der Waals surface area contributed by atoms with Gasteiger partial charge in [0.05, 0.1) is 6.54 Å². The zero-order chi connectivity index (χ0) is 13.4. The number of hydrogen-bond acceptors (Lipinski definition) is 4. The van der Waals surface area contributed by atoms with Gasteiger partial charge >= 0.3 is 5.97 Å². The lowest BCUT2D eigenvalue weighted by Gasteiger charge is -2.16. The second kappa shape index (κ2) is 7.84. The largest absolute Gasteiger partial charge is 0.481 e. The van der Waals surface area contributed by atoms with Crippen LogP contribution in [-0.4, -0.2) is 42.0 Å². The highest BCUT2D eigenvalue weighted by Crippen LogP contribution is 2.08. The van der Waals surface area contributed by atoms with Crippen molar-refractivity contribution in [3.63, 3.8) is 0 Å². The third kappa shape index (κ3) is 5.79. The van der Waals surface area contributed by atoms with Crippen LogP contribution in [0.25, 0.3) is 0 Å². The number of carboxylic acids is 1. The summed E-state index contributed by atoms with van der Waals surface area (Å²) in [6, 6.07) is 1.99. The molecule has 1 heterocycles. The summed E-state index contributed by atoms with van der Waals surface area (Å²) in [5, 5.41) is 15.4. The SMILES string of the molecule is CN(Cc1ccsc1)C(=O)CNCCCC(=O)O. The second-order valence-corrected chi connectivity index (χ2v) is 4.84. The lowest BCUT2D eigenvalue weighted by molar-refractivity contribution is -0.137. The van der Waals surface area contributed by atoms with E-state index < -0.39 is 5.97 Å². The van der Waals surface area contributed by atoms with Crippen LogP contribution in [0.1, 0.15) is 18.4 Å². The summed E-state index contributed by atoms with van der Waals surface area (Å²) in [5.74, 6) is -0.797. The van der Waals surface area contributed by atoms with Gasteiger partial charge in [-0.3, -0.25) is 9.59 Å². The fraction of sp³-hybridized carbons (Fsp3) is 0.500. The lowest BCUT2D eigenvalue weighted by atomic mass is 10.3. The van der Waals surface area contributed by atoms with Gasteiger partial charge in [-0.15, -0.1) is 0 Å². The minimum atomic E-state index is -0.808. The van der Waals surface area contributed by atoms with E-state index in [9.17, 15) is 9.59 Å².